The lowest BCUT2D eigenvalue weighted by Gasteiger charge is -2.19. The van der Waals surface area contributed by atoms with Crippen LogP contribution in [0.4, 0.5) is 0 Å². The number of carbonyl (C=O) groups is 1. The molecule has 1 aromatic carbocycles. The number of aryl methyl sites for hydroxylation is 3. The monoisotopic (exact) mass is 418 g/mol. The SMILES string of the molecule is CCc1nn(C)c(C(=O)N[C@H](Cc2c[nH]c3ccccc23)c2cc(=O)[nH]c(C)n2)c1C. The molecule has 31 heavy (non-hydrogen) atoms. The molecule has 8 heteroatoms. The van der Waals surface area contributed by atoms with Crippen molar-refractivity contribution < 1.29 is 4.79 Å². The number of fused-ring (bicyclic) bond motifs is 1. The number of H-pyrrole nitrogens is 2. The quantitative estimate of drug-likeness (QED) is 0.447. The molecule has 0 spiro atoms. The van der Waals surface area contributed by atoms with E-state index in [0.717, 1.165) is 34.1 Å². The first-order valence-electron chi connectivity index (χ1n) is 10.3. The molecule has 4 rings (SSSR count). The highest BCUT2D eigenvalue weighted by molar-refractivity contribution is 5.94. The molecule has 3 heterocycles. The van der Waals surface area contributed by atoms with Gasteiger partial charge in [0, 0.05) is 42.2 Å². The summed E-state index contributed by atoms with van der Waals surface area (Å²) in [6, 6.07) is 8.96. The van der Waals surface area contributed by atoms with Crippen LogP contribution in [0.1, 0.15) is 51.8 Å². The number of amides is 1. The van der Waals surface area contributed by atoms with Gasteiger partial charge in [0.05, 0.1) is 17.4 Å². The minimum atomic E-state index is -0.480. The van der Waals surface area contributed by atoms with E-state index in [0.29, 0.717) is 23.6 Å². The summed E-state index contributed by atoms with van der Waals surface area (Å²) < 4.78 is 1.61. The maximum atomic E-state index is 13.3. The molecule has 0 radical (unpaired) electrons. The van der Waals surface area contributed by atoms with Crippen LogP contribution in [0.5, 0.6) is 0 Å². The Morgan fingerprint density at radius 1 is 1.26 bits per heavy atom. The second kappa shape index (κ2) is 8.22. The van der Waals surface area contributed by atoms with Crippen LogP contribution in [0.2, 0.25) is 0 Å². The number of rotatable bonds is 6. The lowest BCUT2D eigenvalue weighted by molar-refractivity contribution is 0.0925. The lowest BCUT2D eigenvalue weighted by atomic mass is 10.0. The van der Waals surface area contributed by atoms with Crippen LogP contribution in [0.3, 0.4) is 0 Å². The summed E-state index contributed by atoms with van der Waals surface area (Å²) >= 11 is 0. The molecule has 3 N–H and O–H groups in total. The number of para-hydroxylation sites is 1. The van der Waals surface area contributed by atoms with Gasteiger partial charge in [0.2, 0.25) is 0 Å². The summed E-state index contributed by atoms with van der Waals surface area (Å²) in [4.78, 5) is 35.8. The van der Waals surface area contributed by atoms with Crippen LogP contribution in [0.25, 0.3) is 10.9 Å². The molecule has 8 nitrogen and oxygen atoms in total. The molecule has 0 aliphatic heterocycles. The third kappa shape index (κ3) is 4.01. The molecule has 0 unspecified atom stereocenters. The number of benzene rings is 1. The van der Waals surface area contributed by atoms with Gasteiger partial charge >= 0.3 is 0 Å². The molecule has 0 saturated heterocycles. The van der Waals surface area contributed by atoms with Crippen LogP contribution in [-0.2, 0) is 19.9 Å². The zero-order valence-electron chi connectivity index (χ0n) is 18.1. The van der Waals surface area contributed by atoms with E-state index in [4.69, 9.17) is 0 Å². The Bertz CT molecular complexity index is 1310. The van der Waals surface area contributed by atoms with Crippen LogP contribution in [0, 0.1) is 13.8 Å². The number of aromatic amines is 2. The zero-order chi connectivity index (χ0) is 22.1. The van der Waals surface area contributed by atoms with E-state index in [1.807, 2.05) is 44.3 Å². The molecule has 0 aliphatic rings. The van der Waals surface area contributed by atoms with Crippen LogP contribution >= 0.6 is 0 Å². The topological polar surface area (TPSA) is 108 Å². The average molecular weight is 419 g/mol. The van der Waals surface area contributed by atoms with Gasteiger partial charge in [-0.25, -0.2) is 4.98 Å². The van der Waals surface area contributed by atoms with E-state index in [9.17, 15) is 9.59 Å². The number of nitrogens with zero attached hydrogens (tertiary/aromatic N) is 3. The first kappa shape index (κ1) is 20.6. The molecule has 1 amide bonds. The fourth-order valence-corrected chi connectivity index (χ4v) is 4.10. The molecular formula is C23H26N6O2. The number of hydrogen-bond donors (Lipinski definition) is 3. The number of hydrogen-bond acceptors (Lipinski definition) is 4. The van der Waals surface area contributed by atoms with Crippen molar-refractivity contribution in [1.29, 1.82) is 0 Å². The molecular weight excluding hydrogens is 392 g/mol. The lowest BCUT2D eigenvalue weighted by Crippen LogP contribution is -2.33. The van der Waals surface area contributed by atoms with Crippen LogP contribution < -0.4 is 10.9 Å². The predicted octanol–water partition coefficient (Wildman–Crippen LogP) is 2.88. The summed E-state index contributed by atoms with van der Waals surface area (Å²) in [5.74, 6) is 0.266. The summed E-state index contributed by atoms with van der Waals surface area (Å²) in [5.41, 5.74) is 4.61. The molecule has 0 aliphatic carbocycles. The van der Waals surface area contributed by atoms with Crippen molar-refractivity contribution in [3.8, 4) is 0 Å². The smallest absolute Gasteiger partial charge is 0.270 e. The van der Waals surface area contributed by atoms with E-state index < -0.39 is 6.04 Å². The second-order valence-corrected chi connectivity index (χ2v) is 7.74. The van der Waals surface area contributed by atoms with Gasteiger partial charge in [-0.1, -0.05) is 25.1 Å². The van der Waals surface area contributed by atoms with Gasteiger partial charge in [-0.05, 0) is 31.9 Å². The van der Waals surface area contributed by atoms with Crippen molar-refractivity contribution in [2.45, 2.75) is 39.7 Å². The normalized spacial score (nSPS) is 12.3. The van der Waals surface area contributed by atoms with Crippen molar-refractivity contribution in [2.75, 3.05) is 0 Å². The number of carbonyl (C=O) groups excluding carboxylic acids is 1. The Hall–Kier alpha value is -3.68. The third-order valence-electron chi connectivity index (χ3n) is 5.57. The number of nitrogens with one attached hydrogen (secondary N) is 3. The molecule has 4 aromatic rings. The van der Waals surface area contributed by atoms with E-state index >= 15 is 0 Å². The standard InChI is InChI=1S/C23H26N6O2/c1-5-17-13(2)22(29(4)28-17)23(31)27-19(20-11-21(30)26-14(3)25-20)10-15-12-24-18-9-7-6-8-16(15)18/h6-9,11-12,19,24H,5,10H2,1-4H3,(H,27,31)(H,25,26,30)/t19-/m1/s1. The molecule has 0 saturated carbocycles. The minimum absolute atomic E-state index is 0.239. The van der Waals surface area contributed by atoms with E-state index in [1.54, 1.807) is 18.7 Å². The predicted molar refractivity (Wildman–Crippen MR) is 119 cm³/mol. The molecule has 0 fully saturated rings. The third-order valence-corrected chi connectivity index (χ3v) is 5.57. The average Bonchev–Trinajstić information content (AvgIpc) is 3.26. The fourth-order valence-electron chi connectivity index (χ4n) is 4.10. The van der Waals surface area contributed by atoms with Gasteiger partial charge in [-0.2, -0.15) is 5.10 Å². The maximum Gasteiger partial charge on any atom is 0.270 e. The highest BCUT2D eigenvalue weighted by Gasteiger charge is 2.24. The second-order valence-electron chi connectivity index (χ2n) is 7.74. The van der Waals surface area contributed by atoms with Gasteiger partial charge in [0.25, 0.3) is 11.5 Å². The molecule has 160 valence electrons. The van der Waals surface area contributed by atoms with Crippen molar-refractivity contribution in [3.63, 3.8) is 0 Å². The van der Waals surface area contributed by atoms with E-state index in [-0.39, 0.29) is 11.5 Å². The first-order valence-corrected chi connectivity index (χ1v) is 10.3. The van der Waals surface area contributed by atoms with E-state index in [1.165, 1.54) is 6.07 Å². The highest BCUT2D eigenvalue weighted by atomic mass is 16.2. The Kier molecular flexibility index (Phi) is 5.46. The van der Waals surface area contributed by atoms with Gasteiger partial charge in [0.15, 0.2) is 0 Å². The molecule has 3 aromatic heterocycles. The van der Waals surface area contributed by atoms with E-state index in [2.05, 4.69) is 25.4 Å². The Morgan fingerprint density at radius 3 is 2.74 bits per heavy atom. The van der Waals surface area contributed by atoms with Crippen molar-refractivity contribution in [3.05, 3.63) is 80.9 Å². The van der Waals surface area contributed by atoms with Crippen LogP contribution in [0.15, 0.2) is 41.3 Å². The Morgan fingerprint density at radius 2 is 2.03 bits per heavy atom. The van der Waals surface area contributed by atoms with Gasteiger partial charge in [-0.15, -0.1) is 0 Å². The molecule has 0 bridgehead atoms. The highest BCUT2D eigenvalue weighted by Crippen LogP contribution is 2.24. The Balaban J connectivity index is 1.73. The summed E-state index contributed by atoms with van der Waals surface area (Å²) in [6.45, 7) is 5.65. The van der Waals surface area contributed by atoms with Crippen molar-refractivity contribution >= 4 is 16.8 Å². The fraction of sp³-hybridized carbons (Fsp3) is 0.304. The van der Waals surface area contributed by atoms with Gasteiger partial charge in [-0.3, -0.25) is 14.3 Å². The molecule has 1 atom stereocenters. The van der Waals surface area contributed by atoms with Gasteiger partial charge < -0.3 is 15.3 Å². The summed E-state index contributed by atoms with van der Waals surface area (Å²) in [7, 11) is 1.77. The van der Waals surface area contributed by atoms with Crippen molar-refractivity contribution in [2.24, 2.45) is 7.05 Å². The Labute approximate surface area is 179 Å². The maximum absolute atomic E-state index is 13.3. The first-order chi connectivity index (χ1) is 14.9. The minimum Gasteiger partial charge on any atom is -0.361 e. The largest absolute Gasteiger partial charge is 0.361 e. The summed E-state index contributed by atoms with van der Waals surface area (Å²) in [5, 5.41) is 8.63. The van der Waals surface area contributed by atoms with Crippen molar-refractivity contribution in [1.82, 2.24) is 30.0 Å². The van der Waals surface area contributed by atoms with Crippen LogP contribution in [-0.4, -0.2) is 30.6 Å². The zero-order valence-corrected chi connectivity index (χ0v) is 18.1. The summed E-state index contributed by atoms with van der Waals surface area (Å²) in [6.07, 6.45) is 3.18. The van der Waals surface area contributed by atoms with Gasteiger partial charge in [0.1, 0.15) is 11.5 Å². The number of aromatic nitrogens is 5.